The molecule has 0 bridgehead atoms. The summed E-state index contributed by atoms with van der Waals surface area (Å²) >= 11 is 5.08. The van der Waals surface area contributed by atoms with Crippen molar-refractivity contribution in [2.45, 2.75) is 26.3 Å². The Hall–Kier alpha value is -2.28. The molecule has 5 nitrogen and oxygen atoms in total. The van der Waals surface area contributed by atoms with Crippen molar-refractivity contribution in [3.05, 3.63) is 50.8 Å². The summed E-state index contributed by atoms with van der Waals surface area (Å²) in [6, 6.07) is 5.41. The normalized spacial score (nSPS) is 12.7. The van der Waals surface area contributed by atoms with E-state index in [2.05, 4.69) is 9.98 Å². The molecule has 0 saturated heterocycles. The van der Waals surface area contributed by atoms with Gasteiger partial charge in [0.15, 0.2) is 4.77 Å². The Kier molecular flexibility index (Phi) is 4.87. The summed E-state index contributed by atoms with van der Waals surface area (Å²) in [5.74, 6) is -0.598. The highest BCUT2D eigenvalue weighted by Crippen LogP contribution is 2.21. The van der Waals surface area contributed by atoms with Crippen molar-refractivity contribution in [1.29, 1.82) is 0 Å². The zero-order valence-electron chi connectivity index (χ0n) is 12.2. The van der Waals surface area contributed by atoms with Crippen LogP contribution in [0.1, 0.15) is 31.9 Å². The van der Waals surface area contributed by atoms with Crippen molar-refractivity contribution in [1.82, 2.24) is 9.55 Å². The van der Waals surface area contributed by atoms with Crippen LogP contribution in [0, 0.1) is 10.6 Å². The van der Waals surface area contributed by atoms with Gasteiger partial charge in [-0.3, -0.25) is 19.3 Å². The van der Waals surface area contributed by atoms with E-state index in [1.807, 2.05) is 13.8 Å². The molecule has 0 fully saturated rings. The molecule has 2 rings (SSSR count). The fourth-order valence-electron chi connectivity index (χ4n) is 1.93. The molecule has 1 unspecified atom stereocenters. The zero-order chi connectivity index (χ0) is 16.3. The highest BCUT2D eigenvalue weighted by atomic mass is 32.1. The Labute approximate surface area is 131 Å². The lowest BCUT2D eigenvalue weighted by Crippen LogP contribution is -2.20. The second-order valence-electron chi connectivity index (χ2n) is 4.86. The number of aromatic nitrogens is 2. The Morgan fingerprint density at radius 3 is 2.68 bits per heavy atom. The molecule has 0 aliphatic heterocycles. The van der Waals surface area contributed by atoms with Gasteiger partial charge in [-0.25, -0.2) is 4.39 Å². The third-order valence-corrected chi connectivity index (χ3v) is 3.65. The first-order valence-electron chi connectivity index (χ1n) is 6.81. The Morgan fingerprint density at radius 1 is 1.45 bits per heavy atom. The van der Waals surface area contributed by atoms with Gasteiger partial charge >= 0.3 is 0 Å². The van der Waals surface area contributed by atoms with Gasteiger partial charge in [0.25, 0.3) is 5.56 Å². The number of halogens is 1. The fraction of sp³-hybridized carbons (Fsp3) is 0.267. The Balaban J connectivity index is 2.49. The molecule has 2 aromatic rings. The number of H-pyrrole nitrogens is 1. The van der Waals surface area contributed by atoms with Gasteiger partial charge in [-0.15, -0.1) is 0 Å². The molecule has 0 spiro atoms. The Bertz CT molecular complexity index is 809. The van der Waals surface area contributed by atoms with Crippen molar-refractivity contribution < 1.29 is 9.50 Å². The predicted molar refractivity (Wildman–Crippen MR) is 86.2 cm³/mol. The van der Waals surface area contributed by atoms with Crippen molar-refractivity contribution >= 4 is 24.1 Å². The smallest absolute Gasteiger partial charge is 0.264 e. The van der Waals surface area contributed by atoms with Crippen LogP contribution in [0.5, 0.6) is 5.88 Å². The van der Waals surface area contributed by atoms with E-state index >= 15 is 0 Å². The summed E-state index contributed by atoms with van der Waals surface area (Å²) in [5.41, 5.74) is -0.0381. The van der Waals surface area contributed by atoms with Crippen LogP contribution in [-0.4, -0.2) is 20.9 Å². The lowest BCUT2D eigenvalue weighted by molar-refractivity contribution is 0.371. The second-order valence-corrected chi connectivity index (χ2v) is 5.25. The van der Waals surface area contributed by atoms with Crippen molar-refractivity contribution in [3.8, 4) is 5.88 Å². The van der Waals surface area contributed by atoms with Gasteiger partial charge in [-0.1, -0.05) is 6.92 Å². The van der Waals surface area contributed by atoms with Gasteiger partial charge in [0.2, 0.25) is 5.88 Å². The summed E-state index contributed by atoms with van der Waals surface area (Å²) in [6.07, 6.45) is 1.98. The highest BCUT2D eigenvalue weighted by molar-refractivity contribution is 7.71. The molecule has 7 heteroatoms. The molecule has 116 valence electrons. The maximum Gasteiger partial charge on any atom is 0.264 e. The molecule has 0 radical (unpaired) electrons. The van der Waals surface area contributed by atoms with E-state index in [0.717, 1.165) is 6.42 Å². The number of nitrogens with zero attached hydrogens (tertiary/aromatic N) is 2. The van der Waals surface area contributed by atoms with E-state index < -0.39 is 5.56 Å². The molecular weight excluding hydrogens is 305 g/mol. The van der Waals surface area contributed by atoms with Crippen molar-refractivity contribution in [3.63, 3.8) is 0 Å². The molecule has 1 aromatic carbocycles. The number of hydrogen-bond donors (Lipinski definition) is 2. The van der Waals surface area contributed by atoms with E-state index in [1.165, 1.54) is 35.0 Å². The average molecular weight is 321 g/mol. The molecule has 0 aliphatic carbocycles. The van der Waals surface area contributed by atoms with Gasteiger partial charge in [0, 0.05) is 12.3 Å². The molecule has 1 heterocycles. The van der Waals surface area contributed by atoms with Crippen LogP contribution in [0.2, 0.25) is 0 Å². The van der Waals surface area contributed by atoms with Crippen LogP contribution in [0.25, 0.3) is 0 Å². The molecule has 1 aromatic heterocycles. The van der Waals surface area contributed by atoms with Crippen LogP contribution < -0.4 is 5.56 Å². The number of rotatable bonds is 4. The predicted octanol–water partition coefficient (Wildman–Crippen LogP) is 3.47. The Morgan fingerprint density at radius 2 is 2.09 bits per heavy atom. The van der Waals surface area contributed by atoms with Gasteiger partial charge in [0.1, 0.15) is 11.4 Å². The third kappa shape index (κ3) is 3.30. The van der Waals surface area contributed by atoms with E-state index in [9.17, 15) is 14.3 Å². The molecule has 0 amide bonds. The van der Waals surface area contributed by atoms with Crippen LogP contribution in [0.4, 0.5) is 10.1 Å². The maximum absolute atomic E-state index is 12.8. The third-order valence-electron chi connectivity index (χ3n) is 3.35. The van der Waals surface area contributed by atoms with Crippen LogP contribution in [0.15, 0.2) is 34.1 Å². The molecule has 0 aliphatic rings. The first-order chi connectivity index (χ1) is 10.4. The van der Waals surface area contributed by atoms with E-state index in [1.54, 1.807) is 0 Å². The van der Waals surface area contributed by atoms with E-state index in [-0.39, 0.29) is 28.1 Å². The van der Waals surface area contributed by atoms with Gasteiger partial charge in [-0.05, 0) is 49.8 Å². The van der Waals surface area contributed by atoms with Crippen LogP contribution in [-0.2, 0) is 0 Å². The maximum atomic E-state index is 12.8. The minimum Gasteiger partial charge on any atom is -0.494 e. The lowest BCUT2D eigenvalue weighted by Gasteiger charge is -2.16. The first-order valence-corrected chi connectivity index (χ1v) is 7.22. The number of aromatic amines is 1. The second kappa shape index (κ2) is 6.65. The molecule has 2 N–H and O–H groups in total. The fourth-order valence-corrected chi connectivity index (χ4v) is 2.29. The molecule has 1 atom stereocenters. The van der Waals surface area contributed by atoms with E-state index in [4.69, 9.17) is 12.2 Å². The summed E-state index contributed by atoms with van der Waals surface area (Å²) in [6.45, 7) is 3.83. The van der Waals surface area contributed by atoms with Gasteiger partial charge in [-0.2, -0.15) is 0 Å². The number of nitrogens with one attached hydrogen (secondary N) is 1. The summed E-state index contributed by atoms with van der Waals surface area (Å²) < 4.78 is 14.5. The summed E-state index contributed by atoms with van der Waals surface area (Å²) in [7, 11) is 0. The number of aliphatic imine (C=N–C) groups is 1. The topological polar surface area (TPSA) is 70.4 Å². The SMILES string of the molecule is CCC(C)n1c(O)c(C=Nc2ccc(F)cc2)c(=O)[nH]c1=S. The molecule has 22 heavy (non-hydrogen) atoms. The standard InChI is InChI=1S/C15H16FN3O2S/c1-3-9(2)19-14(21)12(13(20)18-15(19)22)8-17-11-6-4-10(16)5-7-11/h4-9,21H,3H2,1-2H3,(H,18,20,22). The summed E-state index contributed by atoms with van der Waals surface area (Å²) in [5, 5.41) is 10.3. The largest absolute Gasteiger partial charge is 0.494 e. The van der Waals surface area contributed by atoms with E-state index in [0.29, 0.717) is 5.69 Å². The minimum absolute atomic E-state index is 0.0122. The first kappa shape index (κ1) is 16.1. The number of hydrogen-bond acceptors (Lipinski definition) is 4. The van der Waals surface area contributed by atoms with Gasteiger partial charge in [0.05, 0.1) is 5.69 Å². The van der Waals surface area contributed by atoms with Gasteiger partial charge < -0.3 is 5.11 Å². The number of benzene rings is 1. The van der Waals surface area contributed by atoms with Crippen LogP contribution >= 0.6 is 12.2 Å². The quantitative estimate of drug-likeness (QED) is 0.669. The monoisotopic (exact) mass is 321 g/mol. The molecular formula is C15H16FN3O2S. The average Bonchev–Trinajstić information content (AvgIpc) is 2.48. The minimum atomic E-state index is -0.520. The molecule has 0 saturated carbocycles. The van der Waals surface area contributed by atoms with Crippen molar-refractivity contribution in [2.75, 3.05) is 0 Å². The lowest BCUT2D eigenvalue weighted by atomic mass is 10.2. The number of aromatic hydroxyl groups is 1. The van der Waals surface area contributed by atoms with Crippen LogP contribution in [0.3, 0.4) is 0 Å². The highest BCUT2D eigenvalue weighted by Gasteiger charge is 2.14. The van der Waals surface area contributed by atoms with Crippen molar-refractivity contribution in [2.24, 2.45) is 4.99 Å². The summed E-state index contributed by atoms with van der Waals surface area (Å²) in [4.78, 5) is 18.5. The zero-order valence-corrected chi connectivity index (χ0v) is 13.0.